The Hall–Kier alpha value is -1.76. The van der Waals surface area contributed by atoms with Crippen molar-refractivity contribution in [3.8, 4) is 0 Å². The number of ether oxygens (including phenoxy) is 1. The largest absolute Gasteiger partial charge is 0.467 e. The van der Waals surface area contributed by atoms with Crippen LogP contribution in [0.1, 0.15) is 11.3 Å². The number of hydrogen-bond acceptors (Lipinski definition) is 4. The van der Waals surface area contributed by atoms with Crippen LogP contribution in [0.25, 0.3) is 0 Å². The zero-order chi connectivity index (χ0) is 15.1. The number of rotatable bonds is 8. The molecule has 2 aromatic rings. The molecule has 21 heavy (non-hydrogen) atoms. The molecule has 1 aromatic carbocycles. The molecule has 0 bridgehead atoms. The Balaban J connectivity index is 1.62. The third-order valence-corrected chi connectivity index (χ3v) is 2.83. The summed E-state index contributed by atoms with van der Waals surface area (Å²) >= 11 is 0. The van der Waals surface area contributed by atoms with E-state index in [1.807, 2.05) is 0 Å². The van der Waals surface area contributed by atoms with Gasteiger partial charge in [0.05, 0.1) is 19.0 Å². The van der Waals surface area contributed by atoms with Gasteiger partial charge in [0, 0.05) is 13.1 Å². The highest BCUT2D eigenvalue weighted by Crippen LogP contribution is 2.08. The van der Waals surface area contributed by atoms with Gasteiger partial charge in [0.25, 0.3) is 0 Å². The molecule has 2 N–H and O–H groups in total. The summed E-state index contributed by atoms with van der Waals surface area (Å²) in [6, 6.07) is 7.24. The summed E-state index contributed by atoms with van der Waals surface area (Å²) in [5, 5.41) is 12.7. The van der Waals surface area contributed by atoms with E-state index in [1.54, 1.807) is 18.4 Å². The zero-order valence-electron chi connectivity index (χ0n) is 11.4. The molecule has 1 aromatic heterocycles. The molecule has 0 saturated carbocycles. The molecule has 0 saturated heterocycles. The number of aliphatic hydroxyl groups excluding tert-OH is 1. The van der Waals surface area contributed by atoms with Gasteiger partial charge in [0.2, 0.25) is 0 Å². The van der Waals surface area contributed by atoms with Gasteiger partial charge in [-0.2, -0.15) is 0 Å². The third kappa shape index (κ3) is 5.26. The second-order valence-electron chi connectivity index (χ2n) is 4.63. The fourth-order valence-electron chi connectivity index (χ4n) is 1.78. The fourth-order valence-corrected chi connectivity index (χ4v) is 1.78. The van der Waals surface area contributed by atoms with Gasteiger partial charge in [-0.3, -0.25) is 0 Å². The van der Waals surface area contributed by atoms with Gasteiger partial charge in [0.1, 0.15) is 12.4 Å². The predicted octanol–water partition coefficient (Wildman–Crippen LogP) is 2.23. The zero-order valence-corrected chi connectivity index (χ0v) is 11.4. The normalized spacial score (nSPS) is 12.5. The van der Waals surface area contributed by atoms with Crippen molar-refractivity contribution in [3.63, 3.8) is 0 Å². The maximum Gasteiger partial charge on any atom is 0.159 e. The van der Waals surface area contributed by atoms with Crippen LogP contribution in [0.3, 0.4) is 0 Å². The molecule has 0 spiro atoms. The number of hydrogen-bond donors (Lipinski definition) is 2. The van der Waals surface area contributed by atoms with Crippen LogP contribution in [0.2, 0.25) is 0 Å². The van der Waals surface area contributed by atoms with Gasteiger partial charge < -0.3 is 19.6 Å². The minimum atomic E-state index is -0.878. The summed E-state index contributed by atoms with van der Waals surface area (Å²) in [5.41, 5.74) is 0.609. The van der Waals surface area contributed by atoms with Crippen molar-refractivity contribution in [3.05, 3.63) is 59.6 Å². The molecule has 4 nitrogen and oxygen atoms in total. The van der Waals surface area contributed by atoms with E-state index in [4.69, 9.17) is 9.15 Å². The minimum absolute atomic E-state index is 0.158. The summed E-state index contributed by atoms with van der Waals surface area (Å²) in [5.74, 6) is -1.06. The molecule has 114 valence electrons. The molecule has 0 fully saturated rings. The summed E-state index contributed by atoms with van der Waals surface area (Å²) in [7, 11) is 0. The lowest BCUT2D eigenvalue weighted by atomic mass is 10.2. The van der Waals surface area contributed by atoms with Crippen molar-refractivity contribution in [2.45, 2.75) is 19.3 Å². The van der Waals surface area contributed by atoms with Crippen LogP contribution in [-0.2, 0) is 17.9 Å². The van der Waals surface area contributed by atoms with Crippen LogP contribution in [-0.4, -0.2) is 24.4 Å². The molecule has 1 atom stereocenters. The van der Waals surface area contributed by atoms with Gasteiger partial charge in [-0.1, -0.05) is 6.07 Å². The van der Waals surface area contributed by atoms with E-state index in [9.17, 15) is 13.9 Å². The van der Waals surface area contributed by atoms with Crippen molar-refractivity contribution >= 4 is 0 Å². The van der Waals surface area contributed by atoms with E-state index in [0.717, 1.165) is 12.1 Å². The van der Waals surface area contributed by atoms with Crippen molar-refractivity contribution < 1.29 is 23.0 Å². The summed E-state index contributed by atoms with van der Waals surface area (Å²) in [6.45, 7) is 1.09. The van der Waals surface area contributed by atoms with E-state index in [0.29, 0.717) is 24.5 Å². The van der Waals surface area contributed by atoms with Crippen LogP contribution in [0.4, 0.5) is 8.78 Å². The lowest BCUT2D eigenvalue weighted by molar-refractivity contribution is 0.0225. The van der Waals surface area contributed by atoms with E-state index in [1.165, 1.54) is 6.07 Å². The standard InChI is InChI=1S/C15H17F2NO3/c16-14-4-3-11(6-15(14)17)7-18-8-12(19)9-20-10-13-2-1-5-21-13/h1-6,12,18-19H,7-10H2. The first-order chi connectivity index (χ1) is 10.1. The lowest BCUT2D eigenvalue weighted by Crippen LogP contribution is -2.30. The van der Waals surface area contributed by atoms with Crippen molar-refractivity contribution in [1.29, 1.82) is 0 Å². The Morgan fingerprint density at radius 3 is 2.81 bits per heavy atom. The average molecular weight is 297 g/mol. The molecule has 0 aliphatic carbocycles. The Morgan fingerprint density at radius 1 is 1.24 bits per heavy atom. The third-order valence-electron chi connectivity index (χ3n) is 2.83. The summed E-state index contributed by atoms with van der Waals surface area (Å²) in [6.07, 6.45) is 0.864. The maximum atomic E-state index is 13.0. The van der Waals surface area contributed by atoms with Crippen LogP contribution in [0.15, 0.2) is 41.0 Å². The molecule has 2 rings (SSSR count). The number of aliphatic hydroxyl groups is 1. The molecule has 6 heteroatoms. The highest BCUT2D eigenvalue weighted by Gasteiger charge is 2.06. The molecule has 1 heterocycles. The lowest BCUT2D eigenvalue weighted by Gasteiger charge is -2.12. The first-order valence-corrected chi connectivity index (χ1v) is 6.58. The Bertz CT molecular complexity index is 546. The molecule has 0 aliphatic heterocycles. The van der Waals surface area contributed by atoms with Crippen LogP contribution in [0.5, 0.6) is 0 Å². The average Bonchev–Trinajstić information content (AvgIpc) is 2.96. The molecule has 1 unspecified atom stereocenters. The smallest absolute Gasteiger partial charge is 0.159 e. The van der Waals surface area contributed by atoms with Gasteiger partial charge in [0.15, 0.2) is 11.6 Å². The number of furan rings is 1. The molecule has 0 aliphatic rings. The quantitative estimate of drug-likeness (QED) is 0.784. The maximum absolute atomic E-state index is 13.0. The fraction of sp³-hybridized carbons (Fsp3) is 0.333. The highest BCUT2D eigenvalue weighted by atomic mass is 19.2. The first-order valence-electron chi connectivity index (χ1n) is 6.58. The Kier molecular flexibility index (Phi) is 5.86. The summed E-state index contributed by atoms with van der Waals surface area (Å²) < 4.78 is 36.1. The second-order valence-corrected chi connectivity index (χ2v) is 4.63. The van der Waals surface area contributed by atoms with Crippen molar-refractivity contribution in [2.24, 2.45) is 0 Å². The first kappa shape index (κ1) is 15.6. The van der Waals surface area contributed by atoms with Gasteiger partial charge in [-0.25, -0.2) is 8.78 Å². The second kappa shape index (κ2) is 7.87. The molecular weight excluding hydrogens is 280 g/mol. The van der Waals surface area contributed by atoms with E-state index >= 15 is 0 Å². The minimum Gasteiger partial charge on any atom is -0.467 e. The van der Waals surface area contributed by atoms with Crippen molar-refractivity contribution in [1.82, 2.24) is 5.32 Å². The summed E-state index contributed by atoms with van der Waals surface area (Å²) in [4.78, 5) is 0. The van der Waals surface area contributed by atoms with Gasteiger partial charge in [-0.15, -0.1) is 0 Å². The molecular formula is C15H17F2NO3. The van der Waals surface area contributed by atoms with Gasteiger partial charge in [-0.05, 0) is 29.8 Å². The monoisotopic (exact) mass is 297 g/mol. The SMILES string of the molecule is OC(CNCc1ccc(F)c(F)c1)COCc1ccco1. The number of nitrogens with one attached hydrogen (secondary N) is 1. The highest BCUT2D eigenvalue weighted by molar-refractivity contribution is 5.17. The van der Waals surface area contributed by atoms with Crippen LogP contribution < -0.4 is 5.32 Å². The van der Waals surface area contributed by atoms with Crippen LogP contribution >= 0.6 is 0 Å². The van der Waals surface area contributed by atoms with Crippen molar-refractivity contribution in [2.75, 3.05) is 13.2 Å². The Labute approximate surface area is 121 Å². The van der Waals surface area contributed by atoms with E-state index in [2.05, 4.69) is 5.32 Å². The molecule has 0 radical (unpaired) electrons. The van der Waals surface area contributed by atoms with Gasteiger partial charge >= 0.3 is 0 Å². The number of halogens is 2. The Morgan fingerprint density at radius 2 is 2.10 bits per heavy atom. The molecule has 0 amide bonds. The predicted molar refractivity (Wildman–Crippen MR) is 72.4 cm³/mol. The topological polar surface area (TPSA) is 54.6 Å². The van der Waals surface area contributed by atoms with E-state index < -0.39 is 17.7 Å². The number of benzene rings is 1. The van der Waals surface area contributed by atoms with E-state index in [-0.39, 0.29) is 13.2 Å². The van der Waals surface area contributed by atoms with Crippen LogP contribution in [0, 0.1) is 11.6 Å².